The van der Waals surface area contributed by atoms with Gasteiger partial charge >= 0.3 is 0 Å². The van der Waals surface area contributed by atoms with E-state index in [1.165, 1.54) is 27.8 Å². The van der Waals surface area contributed by atoms with E-state index in [-0.39, 0.29) is 11.8 Å². The van der Waals surface area contributed by atoms with E-state index in [1.54, 1.807) is 0 Å². The molecule has 156 valence electrons. The van der Waals surface area contributed by atoms with Gasteiger partial charge in [-0.3, -0.25) is 9.78 Å². The van der Waals surface area contributed by atoms with E-state index in [9.17, 15) is 4.79 Å². The van der Waals surface area contributed by atoms with Crippen LogP contribution in [0.2, 0.25) is 0 Å². The Hall–Kier alpha value is -2.66. The van der Waals surface area contributed by atoms with Crippen LogP contribution in [-0.4, -0.2) is 46.1 Å². The average molecular weight is 404 g/mol. The van der Waals surface area contributed by atoms with Crippen molar-refractivity contribution < 1.29 is 9.53 Å². The molecule has 0 bridgehead atoms. The number of benzene rings is 1. The quantitative estimate of drug-likeness (QED) is 0.682. The van der Waals surface area contributed by atoms with Crippen molar-refractivity contribution >= 4 is 16.8 Å². The highest BCUT2D eigenvalue weighted by atomic mass is 16.5. The van der Waals surface area contributed by atoms with Crippen molar-refractivity contribution in [2.75, 3.05) is 19.7 Å². The zero-order chi connectivity index (χ0) is 20.7. The number of ether oxygens (including phenoxy) is 1. The number of hydrogen-bond acceptors (Lipinski definition) is 3. The number of nitrogens with zero attached hydrogens (tertiary/aromatic N) is 2. The molecule has 5 heteroatoms. The number of amides is 1. The molecule has 1 N–H and O–H groups in total. The first-order valence-electron chi connectivity index (χ1n) is 11.0. The molecular formula is C25H29N3O2. The molecule has 2 saturated heterocycles. The number of likely N-dealkylation sites (tertiary alicyclic amines) is 1. The van der Waals surface area contributed by atoms with Gasteiger partial charge in [-0.15, -0.1) is 0 Å². The van der Waals surface area contributed by atoms with Gasteiger partial charge in [0.05, 0.1) is 0 Å². The Morgan fingerprint density at radius 1 is 1.23 bits per heavy atom. The summed E-state index contributed by atoms with van der Waals surface area (Å²) in [7, 11) is 0. The minimum Gasteiger partial charge on any atom is -0.365 e. The van der Waals surface area contributed by atoms with Crippen LogP contribution in [0.5, 0.6) is 0 Å². The minimum atomic E-state index is -0.645. The van der Waals surface area contributed by atoms with Gasteiger partial charge in [0, 0.05) is 60.2 Å². The van der Waals surface area contributed by atoms with Crippen LogP contribution in [0.1, 0.15) is 49.8 Å². The maximum atomic E-state index is 13.3. The lowest BCUT2D eigenvalue weighted by Crippen LogP contribution is -2.50. The molecule has 30 heavy (non-hydrogen) atoms. The molecule has 0 radical (unpaired) electrons. The molecular weight excluding hydrogens is 374 g/mol. The molecule has 3 aromatic rings. The Kier molecular flexibility index (Phi) is 4.86. The second kappa shape index (κ2) is 7.55. The second-order valence-corrected chi connectivity index (χ2v) is 8.97. The summed E-state index contributed by atoms with van der Waals surface area (Å²) in [5.74, 6) is 0.436. The summed E-state index contributed by atoms with van der Waals surface area (Å²) in [6, 6.07) is 10.7. The number of carbonyl (C=O) groups excluding carboxylic acids is 1. The topological polar surface area (TPSA) is 58.2 Å². The molecule has 0 aliphatic carbocycles. The Balaban J connectivity index is 1.53. The zero-order valence-corrected chi connectivity index (χ0v) is 17.8. The van der Waals surface area contributed by atoms with Gasteiger partial charge in [0.1, 0.15) is 5.60 Å². The predicted molar refractivity (Wildman–Crippen MR) is 118 cm³/mol. The van der Waals surface area contributed by atoms with Gasteiger partial charge in [0.15, 0.2) is 0 Å². The molecule has 5 rings (SSSR count). The van der Waals surface area contributed by atoms with Gasteiger partial charge < -0.3 is 14.6 Å². The number of rotatable bonds is 3. The van der Waals surface area contributed by atoms with Crippen LogP contribution < -0.4 is 0 Å². The molecule has 2 atom stereocenters. The molecule has 2 fully saturated rings. The number of piperidine rings is 1. The monoisotopic (exact) mass is 403 g/mol. The average Bonchev–Trinajstić information content (AvgIpc) is 3.38. The van der Waals surface area contributed by atoms with Crippen molar-refractivity contribution in [2.45, 2.75) is 51.0 Å². The standard InChI is InChI=1S/C25H29N3O2/c1-17-6-7-21-20(15-17)22(18-8-11-26-12-9-18)23(27-21)19-5-3-13-28(16-19)24(29)25(2)10-4-14-30-25/h6-9,11-12,15,19,27H,3-5,10,13-14,16H2,1-2H3/t19-,25+/m1/s1. The lowest BCUT2D eigenvalue weighted by atomic mass is 9.88. The fourth-order valence-electron chi connectivity index (χ4n) is 5.14. The molecule has 1 amide bonds. The normalized spacial score (nSPS) is 24.5. The molecule has 4 heterocycles. The molecule has 2 aromatic heterocycles. The summed E-state index contributed by atoms with van der Waals surface area (Å²) in [5.41, 5.74) is 5.40. The molecule has 0 unspecified atom stereocenters. The van der Waals surface area contributed by atoms with Gasteiger partial charge in [-0.2, -0.15) is 0 Å². The number of pyridine rings is 1. The highest BCUT2D eigenvalue weighted by molar-refractivity contribution is 5.98. The fourth-order valence-corrected chi connectivity index (χ4v) is 5.14. The SMILES string of the molecule is Cc1ccc2[nH]c([C@@H]3CCCN(C(=O)[C@]4(C)CCCO4)C3)c(-c3ccncc3)c2c1. The third-order valence-corrected chi connectivity index (χ3v) is 6.74. The summed E-state index contributed by atoms with van der Waals surface area (Å²) in [6.45, 7) is 6.33. The summed E-state index contributed by atoms with van der Waals surface area (Å²) in [5, 5.41) is 1.24. The van der Waals surface area contributed by atoms with E-state index in [0.29, 0.717) is 6.61 Å². The first-order chi connectivity index (χ1) is 14.5. The molecule has 1 aromatic carbocycles. The number of aromatic nitrogens is 2. The van der Waals surface area contributed by atoms with Crippen LogP contribution in [0, 0.1) is 6.92 Å². The van der Waals surface area contributed by atoms with Crippen LogP contribution in [0.3, 0.4) is 0 Å². The van der Waals surface area contributed by atoms with Gasteiger partial charge in [-0.05, 0) is 69.4 Å². The summed E-state index contributed by atoms with van der Waals surface area (Å²) >= 11 is 0. The van der Waals surface area contributed by atoms with Crippen LogP contribution in [-0.2, 0) is 9.53 Å². The van der Waals surface area contributed by atoms with Crippen LogP contribution in [0.4, 0.5) is 0 Å². The lowest BCUT2D eigenvalue weighted by molar-refractivity contribution is -0.152. The lowest BCUT2D eigenvalue weighted by Gasteiger charge is -2.37. The van der Waals surface area contributed by atoms with E-state index in [0.717, 1.165) is 44.3 Å². The van der Waals surface area contributed by atoms with Crippen molar-refractivity contribution in [1.82, 2.24) is 14.9 Å². The maximum Gasteiger partial charge on any atom is 0.254 e. The number of aromatic amines is 1. The molecule has 0 saturated carbocycles. The second-order valence-electron chi connectivity index (χ2n) is 8.97. The first kappa shape index (κ1) is 19.3. The van der Waals surface area contributed by atoms with E-state index in [2.05, 4.69) is 47.2 Å². The van der Waals surface area contributed by atoms with Gasteiger partial charge in [-0.25, -0.2) is 0 Å². The van der Waals surface area contributed by atoms with E-state index < -0.39 is 5.60 Å². The maximum absolute atomic E-state index is 13.3. The predicted octanol–water partition coefficient (Wildman–Crippen LogP) is 4.81. The minimum absolute atomic E-state index is 0.155. The van der Waals surface area contributed by atoms with Gasteiger partial charge in [-0.1, -0.05) is 11.6 Å². The Bertz CT molecular complexity index is 1070. The molecule has 2 aliphatic heterocycles. The Labute approximate surface area is 177 Å². The number of fused-ring (bicyclic) bond motifs is 1. The smallest absolute Gasteiger partial charge is 0.254 e. The summed E-state index contributed by atoms with van der Waals surface area (Å²) in [4.78, 5) is 23.2. The molecule has 5 nitrogen and oxygen atoms in total. The van der Waals surface area contributed by atoms with Crippen LogP contribution in [0.15, 0.2) is 42.7 Å². The number of carbonyl (C=O) groups is 1. The zero-order valence-electron chi connectivity index (χ0n) is 17.8. The fraction of sp³-hybridized carbons (Fsp3) is 0.440. The Morgan fingerprint density at radius 2 is 2.07 bits per heavy atom. The Morgan fingerprint density at radius 3 is 2.83 bits per heavy atom. The van der Waals surface area contributed by atoms with Crippen molar-refractivity contribution in [3.8, 4) is 11.1 Å². The first-order valence-corrected chi connectivity index (χ1v) is 11.0. The van der Waals surface area contributed by atoms with Crippen LogP contribution in [0.25, 0.3) is 22.0 Å². The summed E-state index contributed by atoms with van der Waals surface area (Å²) < 4.78 is 5.84. The number of aryl methyl sites for hydroxylation is 1. The van der Waals surface area contributed by atoms with E-state index in [1.807, 2.05) is 24.2 Å². The summed E-state index contributed by atoms with van der Waals surface area (Å²) in [6.07, 6.45) is 7.57. The van der Waals surface area contributed by atoms with Crippen molar-refractivity contribution in [3.05, 3.63) is 54.0 Å². The molecule has 0 spiro atoms. The van der Waals surface area contributed by atoms with Crippen molar-refractivity contribution in [2.24, 2.45) is 0 Å². The third-order valence-electron chi connectivity index (χ3n) is 6.74. The number of nitrogens with one attached hydrogen (secondary N) is 1. The third kappa shape index (κ3) is 3.31. The van der Waals surface area contributed by atoms with Gasteiger partial charge in [0.2, 0.25) is 0 Å². The van der Waals surface area contributed by atoms with Crippen LogP contribution >= 0.6 is 0 Å². The highest BCUT2D eigenvalue weighted by Gasteiger charge is 2.42. The number of H-pyrrole nitrogens is 1. The number of hydrogen-bond donors (Lipinski definition) is 1. The highest BCUT2D eigenvalue weighted by Crippen LogP contribution is 2.40. The molecule has 2 aliphatic rings. The van der Waals surface area contributed by atoms with E-state index >= 15 is 0 Å². The van der Waals surface area contributed by atoms with Crippen molar-refractivity contribution in [3.63, 3.8) is 0 Å². The largest absolute Gasteiger partial charge is 0.365 e. The van der Waals surface area contributed by atoms with Crippen molar-refractivity contribution in [1.29, 1.82) is 0 Å². The van der Waals surface area contributed by atoms with E-state index in [4.69, 9.17) is 4.74 Å². The van der Waals surface area contributed by atoms with Gasteiger partial charge in [0.25, 0.3) is 5.91 Å².